The van der Waals surface area contributed by atoms with Crippen molar-refractivity contribution in [2.45, 2.75) is 59.4 Å². The van der Waals surface area contributed by atoms with Crippen LogP contribution in [-0.2, 0) is 0 Å². The quantitative estimate of drug-likeness (QED) is 0.517. The van der Waals surface area contributed by atoms with E-state index in [0.29, 0.717) is 5.54 Å². The smallest absolute Gasteiger partial charge is 0.284 e. The third-order valence-electron chi connectivity index (χ3n) is 2.83. The first-order chi connectivity index (χ1) is 7.63. The minimum atomic E-state index is -1.69. The molecule has 0 aromatic rings. The lowest BCUT2D eigenvalue weighted by molar-refractivity contribution is 0.667. The van der Waals surface area contributed by atoms with Crippen molar-refractivity contribution in [3.05, 3.63) is 0 Å². The summed E-state index contributed by atoms with van der Waals surface area (Å²) in [6.07, 6.45) is 3.59. The van der Waals surface area contributed by atoms with Gasteiger partial charge in [0.05, 0.1) is 0 Å². The van der Waals surface area contributed by atoms with E-state index in [1.165, 1.54) is 19.3 Å². The minimum absolute atomic E-state index is 0.664. The SMILES string of the molecule is CCCN[Si](NCCC)(NCCC)C(C)C. The van der Waals surface area contributed by atoms with Crippen molar-refractivity contribution in [2.24, 2.45) is 0 Å². The van der Waals surface area contributed by atoms with E-state index in [9.17, 15) is 0 Å². The molecule has 4 heteroatoms. The summed E-state index contributed by atoms with van der Waals surface area (Å²) in [5.74, 6) is 0. The molecular formula is C12H31N3Si. The maximum absolute atomic E-state index is 3.77. The lowest BCUT2D eigenvalue weighted by Gasteiger charge is -2.37. The van der Waals surface area contributed by atoms with E-state index in [1.54, 1.807) is 0 Å². The molecule has 0 bridgehead atoms. The first kappa shape index (κ1) is 16.1. The summed E-state index contributed by atoms with van der Waals surface area (Å²) in [6.45, 7) is 14.7. The Bertz CT molecular complexity index is 141. The topological polar surface area (TPSA) is 36.1 Å². The summed E-state index contributed by atoms with van der Waals surface area (Å²) in [5, 5.41) is 0. The van der Waals surface area contributed by atoms with Gasteiger partial charge in [0.15, 0.2) is 0 Å². The first-order valence-electron chi connectivity index (χ1n) is 6.88. The van der Waals surface area contributed by atoms with Crippen molar-refractivity contribution < 1.29 is 0 Å². The molecular weight excluding hydrogens is 214 g/mol. The fourth-order valence-electron chi connectivity index (χ4n) is 1.77. The molecule has 0 spiro atoms. The van der Waals surface area contributed by atoms with Gasteiger partial charge in [0, 0.05) is 0 Å². The first-order valence-corrected chi connectivity index (χ1v) is 8.95. The van der Waals surface area contributed by atoms with Crippen LogP contribution in [0.5, 0.6) is 0 Å². The summed E-state index contributed by atoms with van der Waals surface area (Å²) in [6, 6.07) is 0. The standard InChI is InChI=1S/C12H31N3Si/c1-6-9-13-16(12(4)5,14-10-7-2)15-11-8-3/h12-15H,6-11H2,1-5H3. The van der Waals surface area contributed by atoms with Crippen LogP contribution in [0, 0.1) is 0 Å². The fourth-order valence-corrected chi connectivity index (χ4v) is 5.30. The van der Waals surface area contributed by atoms with Gasteiger partial charge >= 0.3 is 0 Å². The molecule has 3 N–H and O–H groups in total. The fraction of sp³-hybridized carbons (Fsp3) is 1.00. The zero-order chi connectivity index (χ0) is 12.4. The van der Waals surface area contributed by atoms with Crippen LogP contribution in [0.25, 0.3) is 0 Å². The van der Waals surface area contributed by atoms with Crippen molar-refractivity contribution in [1.29, 1.82) is 0 Å². The Morgan fingerprint density at radius 2 is 1.06 bits per heavy atom. The van der Waals surface area contributed by atoms with Gasteiger partial charge in [-0.2, -0.15) is 0 Å². The van der Waals surface area contributed by atoms with Gasteiger partial charge in [-0.15, -0.1) is 0 Å². The highest BCUT2D eigenvalue weighted by atomic mass is 28.4. The number of hydrogen-bond donors (Lipinski definition) is 3. The largest absolute Gasteiger partial charge is 0.313 e. The van der Waals surface area contributed by atoms with Crippen LogP contribution in [0.15, 0.2) is 0 Å². The Labute approximate surface area is 103 Å². The highest BCUT2D eigenvalue weighted by Crippen LogP contribution is 2.12. The van der Waals surface area contributed by atoms with Gasteiger partial charge in [-0.3, -0.25) is 0 Å². The van der Waals surface area contributed by atoms with E-state index in [0.717, 1.165) is 19.6 Å². The molecule has 0 unspecified atom stereocenters. The second-order valence-corrected chi connectivity index (χ2v) is 8.57. The monoisotopic (exact) mass is 245 g/mol. The summed E-state index contributed by atoms with van der Waals surface area (Å²) < 4.78 is 0. The normalized spacial score (nSPS) is 12.4. The third-order valence-corrected chi connectivity index (χ3v) is 6.98. The summed E-state index contributed by atoms with van der Waals surface area (Å²) in [4.78, 5) is 11.3. The Balaban J connectivity index is 4.46. The minimum Gasteiger partial charge on any atom is -0.313 e. The second kappa shape index (κ2) is 9.16. The molecule has 0 aliphatic carbocycles. The van der Waals surface area contributed by atoms with Gasteiger partial charge in [-0.05, 0) is 44.4 Å². The molecule has 0 radical (unpaired) electrons. The molecule has 0 saturated carbocycles. The maximum Gasteiger partial charge on any atom is 0.284 e. The predicted molar refractivity (Wildman–Crippen MR) is 75.7 cm³/mol. The van der Waals surface area contributed by atoms with E-state index < -0.39 is 8.56 Å². The van der Waals surface area contributed by atoms with E-state index >= 15 is 0 Å². The lowest BCUT2D eigenvalue weighted by Crippen LogP contribution is -2.74. The van der Waals surface area contributed by atoms with Crippen molar-refractivity contribution in [1.82, 2.24) is 14.9 Å². The molecule has 0 amide bonds. The highest BCUT2D eigenvalue weighted by molar-refractivity contribution is 6.73. The van der Waals surface area contributed by atoms with Gasteiger partial charge in [-0.1, -0.05) is 34.6 Å². The van der Waals surface area contributed by atoms with Gasteiger partial charge in [0.25, 0.3) is 8.56 Å². The van der Waals surface area contributed by atoms with Gasteiger partial charge in [0.2, 0.25) is 0 Å². The maximum atomic E-state index is 3.77. The van der Waals surface area contributed by atoms with Crippen molar-refractivity contribution in [3.8, 4) is 0 Å². The molecule has 0 fully saturated rings. The van der Waals surface area contributed by atoms with Gasteiger partial charge in [0.1, 0.15) is 0 Å². The Hall–Kier alpha value is 0.0969. The Morgan fingerprint density at radius 1 is 0.750 bits per heavy atom. The predicted octanol–water partition coefficient (Wildman–Crippen LogP) is 2.33. The van der Waals surface area contributed by atoms with Gasteiger partial charge in [-0.25, -0.2) is 0 Å². The van der Waals surface area contributed by atoms with Crippen LogP contribution < -0.4 is 14.9 Å². The molecule has 98 valence electrons. The molecule has 0 aliphatic rings. The van der Waals surface area contributed by atoms with Crippen LogP contribution in [0.2, 0.25) is 5.54 Å². The van der Waals surface area contributed by atoms with Crippen LogP contribution in [0.3, 0.4) is 0 Å². The lowest BCUT2D eigenvalue weighted by atomic mass is 10.5. The molecule has 16 heavy (non-hydrogen) atoms. The van der Waals surface area contributed by atoms with E-state index in [-0.39, 0.29) is 0 Å². The zero-order valence-electron chi connectivity index (χ0n) is 11.8. The summed E-state index contributed by atoms with van der Waals surface area (Å²) in [7, 11) is -1.69. The number of nitrogens with one attached hydrogen (secondary N) is 3. The van der Waals surface area contributed by atoms with Crippen LogP contribution in [0.4, 0.5) is 0 Å². The molecule has 0 aliphatic heterocycles. The molecule has 3 nitrogen and oxygen atoms in total. The third kappa shape index (κ3) is 5.43. The van der Waals surface area contributed by atoms with E-state index in [1.807, 2.05) is 0 Å². The molecule has 0 atom stereocenters. The van der Waals surface area contributed by atoms with Gasteiger partial charge < -0.3 is 14.9 Å². The molecule has 0 saturated heterocycles. The molecule has 0 heterocycles. The second-order valence-electron chi connectivity index (χ2n) is 4.74. The Kier molecular flexibility index (Phi) is 9.22. The summed E-state index contributed by atoms with van der Waals surface area (Å²) in [5.41, 5.74) is 0.664. The molecule has 0 aromatic carbocycles. The average molecular weight is 245 g/mol. The highest BCUT2D eigenvalue weighted by Gasteiger charge is 2.36. The average Bonchev–Trinajstić information content (AvgIpc) is 2.28. The number of rotatable bonds is 10. The van der Waals surface area contributed by atoms with Crippen LogP contribution >= 0.6 is 0 Å². The van der Waals surface area contributed by atoms with E-state index in [2.05, 4.69) is 49.6 Å². The Morgan fingerprint density at radius 3 is 1.25 bits per heavy atom. The van der Waals surface area contributed by atoms with Crippen molar-refractivity contribution in [3.63, 3.8) is 0 Å². The van der Waals surface area contributed by atoms with E-state index in [4.69, 9.17) is 0 Å². The zero-order valence-corrected chi connectivity index (χ0v) is 12.8. The number of hydrogen-bond acceptors (Lipinski definition) is 3. The van der Waals surface area contributed by atoms with Crippen LogP contribution in [0.1, 0.15) is 53.9 Å². The summed E-state index contributed by atoms with van der Waals surface area (Å²) >= 11 is 0. The van der Waals surface area contributed by atoms with Crippen molar-refractivity contribution in [2.75, 3.05) is 19.6 Å². The van der Waals surface area contributed by atoms with Crippen LogP contribution in [-0.4, -0.2) is 28.2 Å². The van der Waals surface area contributed by atoms with Crippen molar-refractivity contribution >= 4 is 8.56 Å². The molecule has 0 rings (SSSR count). The molecule has 0 aromatic heterocycles.